The van der Waals surface area contributed by atoms with E-state index in [2.05, 4.69) is 9.72 Å². The fourth-order valence-corrected chi connectivity index (χ4v) is 2.32. The lowest BCUT2D eigenvalue weighted by Crippen LogP contribution is -2.04. The fourth-order valence-electron chi connectivity index (χ4n) is 1.78. The summed E-state index contributed by atoms with van der Waals surface area (Å²) in [6.45, 7) is 0. The molecule has 0 bridgehead atoms. The van der Waals surface area contributed by atoms with Crippen molar-refractivity contribution in [3.63, 3.8) is 0 Å². The Bertz CT molecular complexity index is 707. The molecular formula is C14H10Cl2FNO3. The molecule has 0 unspecified atom stereocenters. The van der Waals surface area contributed by atoms with Crippen molar-refractivity contribution in [3.05, 3.63) is 45.8 Å². The van der Waals surface area contributed by atoms with Crippen LogP contribution >= 0.6 is 23.2 Å². The number of hydrogen-bond acceptors (Lipinski definition) is 4. The van der Waals surface area contributed by atoms with Crippen LogP contribution in [0.25, 0.3) is 11.1 Å². The predicted molar refractivity (Wildman–Crippen MR) is 77.5 cm³/mol. The molecule has 1 aromatic carbocycles. The van der Waals surface area contributed by atoms with Crippen molar-refractivity contribution in [1.82, 2.24) is 4.98 Å². The second-order valence-corrected chi connectivity index (χ2v) is 4.81. The van der Waals surface area contributed by atoms with Crippen molar-refractivity contribution in [2.75, 3.05) is 14.2 Å². The minimum absolute atomic E-state index is 0.0614. The number of carbonyl (C=O) groups is 1. The van der Waals surface area contributed by atoms with Gasteiger partial charge in [-0.1, -0.05) is 23.2 Å². The van der Waals surface area contributed by atoms with Crippen LogP contribution in [0.2, 0.25) is 10.0 Å². The van der Waals surface area contributed by atoms with Gasteiger partial charge in [0.05, 0.1) is 24.8 Å². The van der Waals surface area contributed by atoms with E-state index in [0.29, 0.717) is 5.56 Å². The normalized spacial score (nSPS) is 10.3. The Balaban J connectivity index is 2.61. The minimum Gasteiger partial charge on any atom is -0.480 e. The zero-order valence-corrected chi connectivity index (χ0v) is 12.6. The van der Waals surface area contributed by atoms with E-state index in [1.54, 1.807) is 0 Å². The smallest absolute Gasteiger partial charge is 0.339 e. The van der Waals surface area contributed by atoms with Crippen LogP contribution in [0.1, 0.15) is 10.4 Å². The molecule has 0 atom stereocenters. The van der Waals surface area contributed by atoms with Crippen LogP contribution in [0, 0.1) is 5.82 Å². The average Bonchev–Trinajstić information content (AvgIpc) is 2.48. The molecule has 110 valence electrons. The lowest BCUT2D eigenvalue weighted by atomic mass is 10.0. The Morgan fingerprint density at radius 3 is 2.52 bits per heavy atom. The molecule has 0 fully saturated rings. The lowest BCUT2D eigenvalue weighted by Gasteiger charge is -2.10. The first-order valence-electron chi connectivity index (χ1n) is 5.75. The summed E-state index contributed by atoms with van der Waals surface area (Å²) in [5, 5.41) is 0.307. The number of nitrogens with zero attached hydrogens (tertiary/aromatic N) is 1. The summed E-state index contributed by atoms with van der Waals surface area (Å²) in [4.78, 5) is 15.6. The Labute approximate surface area is 130 Å². The zero-order chi connectivity index (χ0) is 15.6. The summed E-state index contributed by atoms with van der Waals surface area (Å²) in [7, 11) is 2.62. The molecule has 4 nitrogen and oxygen atoms in total. The number of rotatable bonds is 3. The molecule has 0 aliphatic heterocycles. The molecule has 0 saturated carbocycles. The van der Waals surface area contributed by atoms with Crippen molar-refractivity contribution in [3.8, 4) is 17.0 Å². The standard InChI is InChI=1S/C14H10Cl2FNO3/c1-20-13-11(15)3-7(6-18-13)9-4-8(17)5-10(12(9)16)14(19)21-2/h3-6H,1-2H3. The molecule has 1 heterocycles. The molecular weight excluding hydrogens is 320 g/mol. The molecule has 0 aliphatic carbocycles. The quantitative estimate of drug-likeness (QED) is 0.799. The van der Waals surface area contributed by atoms with Crippen LogP contribution in [0.3, 0.4) is 0 Å². The molecule has 0 N–H and O–H groups in total. The van der Waals surface area contributed by atoms with Crippen molar-refractivity contribution >= 4 is 29.2 Å². The third-order valence-electron chi connectivity index (χ3n) is 2.75. The third kappa shape index (κ3) is 3.09. The Kier molecular flexibility index (Phi) is 4.65. The first kappa shape index (κ1) is 15.5. The summed E-state index contributed by atoms with van der Waals surface area (Å²) in [5.74, 6) is -1.11. The molecule has 1 aromatic heterocycles. The number of halogens is 3. The van der Waals surface area contributed by atoms with Crippen LogP contribution in [0.5, 0.6) is 5.88 Å². The fraction of sp³-hybridized carbons (Fsp3) is 0.143. The van der Waals surface area contributed by atoms with E-state index in [1.165, 1.54) is 32.5 Å². The maximum atomic E-state index is 13.7. The Morgan fingerprint density at radius 2 is 1.95 bits per heavy atom. The van der Waals surface area contributed by atoms with Crippen LogP contribution in [0.4, 0.5) is 4.39 Å². The van der Waals surface area contributed by atoms with Crippen LogP contribution in [0.15, 0.2) is 24.4 Å². The zero-order valence-electron chi connectivity index (χ0n) is 11.1. The van der Waals surface area contributed by atoms with Gasteiger partial charge in [0.25, 0.3) is 0 Å². The highest BCUT2D eigenvalue weighted by Gasteiger charge is 2.18. The lowest BCUT2D eigenvalue weighted by molar-refractivity contribution is 0.0600. The molecule has 7 heteroatoms. The summed E-state index contributed by atoms with van der Waals surface area (Å²) < 4.78 is 23.2. The molecule has 2 aromatic rings. The van der Waals surface area contributed by atoms with Crippen LogP contribution < -0.4 is 4.74 Å². The summed E-state index contributed by atoms with van der Waals surface area (Å²) in [6, 6.07) is 3.72. The van der Waals surface area contributed by atoms with Gasteiger partial charge in [-0.2, -0.15) is 0 Å². The van der Waals surface area contributed by atoms with Gasteiger partial charge in [-0.3, -0.25) is 0 Å². The van der Waals surface area contributed by atoms with E-state index < -0.39 is 11.8 Å². The number of aromatic nitrogens is 1. The van der Waals surface area contributed by atoms with Gasteiger partial charge in [0.15, 0.2) is 0 Å². The molecule has 0 amide bonds. The van der Waals surface area contributed by atoms with E-state index in [4.69, 9.17) is 27.9 Å². The number of benzene rings is 1. The Morgan fingerprint density at radius 1 is 1.24 bits per heavy atom. The number of hydrogen-bond donors (Lipinski definition) is 0. The first-order chi connectivity index (χ1) is 9.97. The van der Waals surface area contributed by atoms with Crippen molar-refractivity contribution in [2.24, 2.45) is 0 Å². The average molecular weight is 330 g/mol. The van der Waals surface area contributed by atoms with Crippen molar-refractivity contribution in [2.45, 2.75) is 0 Å². The molecule has 21 heavy (non-hydrogen) atoms. The highest BCUT2D eigenvalue weighted by molar-refractivity contribution is 6.36. The van der Waals surface area contributed by atoms with Gasteiger partial charge in [-0.15, -0.1) is 0 Å². The largest absolute Gasteiger partial charge is 0.480 e. The van der Waals surface area contributed by atoms with Gasteiger partial charge in [-0.25, -0.2) is 14.2 Å². The molecule has 0 spiro atoms. The summed E-state index contributed by atoms with van der Waals surface area (Å²) >= 11 is 12.1. The van der Waals surface area contributed by atoms with E-state index in [0.717, 1.165) is 6.07 Å². The van der Waals surface area contributed by atoms with Gasteiger partial charge in [0.1, 0.15) is 10.8 Å². The monoisotopic (exact) mass is 329 g/mol. The number of esters is 1. The van der Waals surface area contributed by atoms with Gasteiger partial charge in [-0.05, 0) is 18.2 Å². The van der Waals surface area contributed by atoms with E-state index >= 15 is 0 Å². The van der Waals surface area contributed by atoms with Crippen LogP contribution in [-0.4, -0.2) is 25.2 Å². The SMILES string of the molecule is COC(=O)c1cc(F)cc(-c2cnc(OC)c(Cl)c2)c1Cl. The molecule has 0 saturated heterocycles. The molecule has 0 radical (unpaired) electrons. The van der Waals surface area contributed by atoms with E-state index in [-0.39, 0.29) is 27.1 Å². The maximum Gasteiger partial charge on any atom is 0.339 e. The summed E-state index contributed by atoms with van der Waals surface area (Å²) in [5.41, 5.74) is 0.672. The molecule has 0 aliphatic rings. The van der Waals surface area contributed by atoms with Gasteiger partial charge in [0, 0.05) is 17.3 Å². The predicted octanol–water partition coefficient (Wildman–Crippen LogP) is 3.99. The number of carbonyl (C=O) groups excluding carboxylic acids is 1. The number of pyridine rings is 1. The van der Waals surface area contributed by atoms with Crippen molar-refractivity contribution in [1.29, 1.82) is 0 Å². The summed E-state index contributed by atoms with van der Waals surface area (Å²) in [6.07, 6.45) is 1.42. The van der Waals surface area contributed by atoms with Gasteiger partial charge in [0.2, 0.25) is 5.88 Å². The number of ether oxygens (including phenoxy) is 2. The van der Waals surface area contributed by atoms with Gasteiger partial charge < -0.3 is 9.47 Å². The van der Waals surface area contributed by atoms with E-state index in [1.807, 2.05) is 0 Å². The van der Waals surface area contributed by atoms with E-state index in [9.17, 15) is 9.18 Å². The highest BCUT2D eigenvalue weighted by atomic mass is 35.5. The maximum absolute atomic E-state index is 13.7. The Hall–Kier alpha value is -1.85. The van der Waals surface area contributed by atoms with Gasteiger partial charge >= 0.3 is 5.97 Å². The van der Waals surface area contributed by atoms with Crippen molar-refractivity contribution < 1.29 is 18.7 Å². The van der Waals surface area contributed by atoms with Crippen LogP contribution in [-0.2, 0) is 4.74 Å². The molecule has 2 rings (SSSR count). The first-order valence-corrected chi connectivity index (χ1v) is 6.50. The number of methoxy groups -OCH3 is 2. The second kappa shape index (κ2) is 6.28. The highest BCUT2D eigenvalue weighted by Crippen LogP contribution is 2.34. The minimum atomic E-state index is -0.728. The second-order valence-electron chi connectivity index (χ2n) is 4.02. The third-order valence-corrected chi connectivity index (χ3v) is 3.43. The topological polar surface area (TPSA) is 48.4 Å².